The van der Waals surface area contributed by atoms with Crippen LogP contribution in [0.4, 0.5) is 0 Å². The molecule has 2 N–H and O–H groups in total. The Labute approximate surface area is 119 Å². The Hall–Kier alpha value is -1.06. The summed E-state index contributed by atoms with van der Waals surface area (Å²) in [5.41, 5.74) is 1.10. The van der Waals surface area contributed by atoms with Crippen LogP contribution in [0.15, 0.2) is 24.3 Å². The summed E-state index contributed by atoms with van der Waals surface area (Å²) in [5, 5.41) is 7.10. The molecular weight excluding hydrogens is 260 g/mol. The molecule has 4 heteroatoms. The molecule has 104 valence electrons. The molecule has 2 atom stereocenters. The zero-order valence-electron chi connectivity index (χ0n) is 11.4. The maximum absolute atomic E-state index is 12.2. The Kier molecular flexibility index (Phi) is 4.83. The quantitative estimate of drug-likeness (QED) is 0.890. The van der Waals surface area contributed by atoms with Crippen LogP contribution in [0.25, 0.3) is 0 Å². The first-order valence-corrected chi connectivity index (χ1v) is 7.25. The second kappa shape index (κ2) is 6.40. The number of benzene rings is 1. The topological polar surface area (TPSA) is 41.1 Å². The van der Waals surface area contributed by atoms with Gasteiger partial charge in [0.2, 0.25) is 5.91 Å². The fourth-order valence-electron chi connectivity index (χ4n) is 2.47. The van der Waals surface area contributed by atoms with Gasteiger partial charge in [-0.1, -0.05) is 37.6 Å². The predicted octanol–water partition coefficient (Wildman–Crippen LogP) is 2.91. The molecule has 1 aromatic carbocycles. The molecule has 1 amide bonds. The van der Waals surface area contributed by atoms with E-state index in [1.54, 1.807) is 0 Å². The summed E-state index contributed by atoms with van der Waals surface area (Å²) in [6.45, 7) is 5.16. The summed E-state index contributed by atoms with van der Waals surface area (Å²) in [7, 11) is 0. The zero-order chi connectivity index (χ0) is 13.8. The Morgan fingerprint density at radius 1 is 1.37 bits per heavy atom. The van der Waals surface area contributed by atoms with Crippen LogP contribution in [-0.4, -0.2) is 18.5 Å². The second-order valence-electron chi connectivity index (χ2n) is 5.43. The molecular formula is C15H21ClN2O. The van der Waals surface area contributed by atoms with E-state index in [9.17, 15) is 4.79 Å². The van der Waals surface area contributed by atoms with Gasteiger partial charge in [-0.15, -0.1) is 0 Å². The van der Waals surface area contributed by atoms with Gasteiger partial charge in [-0.3, -0.25) is 4.79 Å². The first-order valence-electron chi connectivity index (χ1n) is 6.87. The summed E-state index contributed by atoms with van der Waals surface area (Å²) >= 11 is 5.91. The van der Waals surface area contributed by atoms with E-state index < -0.39 is 0 Å². The van der Waals surface area contributed by atoms with Gasteiger partial charge in [0.05, 0.1) is 12.1 Å². The molecule has 19 heavy (non-hydrogen) atoms. The SMILES string of the molecule is CC(C)C(NC(=O)[C@@H]1CCCN1)c1ccc(Cl)cc1. The number of rotatable bonds is 4. The molecule has 1 aliphatic rings. The average Bonchev–Trinajstić information content (AvgIpc) is 2.90. The van der Waals surface area contributed by atoms with E-state index in [1.165, 1.54) is 0 Å². The minimum absolute atomic E-state index is 0.0337. The van der Waals surface area contributed by atoms with E-state index in [2.05, 4.69) is 24.5 Å². The molecule has 3 nitrogen and oxygen atoms in total. The maximum atomic E-state index is 12.2. The highest BCUT2D eigenvalue weighted by Crippen LogP contribution is 2.23. The van der Waals surface area contributed by atoms with Crippen molar-refractivity contribution < 1.29 is 4.79 Å². The number of hydrogen-bond acceptors (Lipinski definition) is 2. The van der Waals surface area contributed by atoms with E-state index >= 15 is 0 Å². The molecule has 0 saturated carbocycles. The number of carbonyl (C=O) groups is 1. The number of hydrogen-bond donors (Lipinski definition) is 2. The van der Waals surface area contributed by atoms with Crippen molar-refractivity contribution in [2.75, 3.05) is 6.54 Å². The first-order chi connectivity index (χ1) is 9.08. The summed E-state index contributed by atoms with van der Waals surface area (Å²) in [6, 6.07) is 7.70. The van der Waals surface area contributed by atoms with E-state index in [0.717, 1.165) is 30.0 Å². The van der Waals surface area contributed by atoms with Gasteiger partial charge in [0, 0.05) is 5.02 Å². The molecule has 1 aromatic rings. The summed E-state index contributed by atoms with van der Waals surface area (Å²) < 4.78 is 0. The van der Waals surface area contributed by atoms with E-state index in [4.69, 9.17) is 11.6 Å². The number of nitrogens with one attached hydrogen (secondary N) is 2. The van der Waals surface area contributed by atoms with Crippen molar-refractivity contribution in [3.8, 4) is 0 Å². The highest BCUT2D eigenvalue weighted by atomic mass is 35.5. The lowest BCUT2D eigenvalue weighted by Gasteiger charge is -2.24. The van der Waals surface area contributed by atoms with Gasteiger partial charge in [-0.2, -0.15) is 0 Å². The molecule has 0 bridgehead atoms. The van der Waals surface area contributed by atoms with Crippen LogP contribution in [0.2, 0.25) is 5.02 Å². The predicted molar refractivity (Wildman–Crippen MR) is 78.2 cm³/mol. The zero-order valence-corrected chi connectivity index (χ0v) is 12.2. The van der Waals surface area contributed by atoms with Gasteiger partial charge in [-0.05, 0) is 43.0 Å². The lowest BCUT2D eigenvalue weighted by molar-refractivity contribution is -0.123. The molecule has 1 fully saturated rings. The van der Waals surface area contributed by atoms with Gasteiger partial charge >= 0.3 is 0 Å². The van der Waals surface area contributed by atoms with Crippen LogP contribution in [0, 0.1) is 5.92 Å². The minimum Gasteiger partial charge on any atom is -0.348 e. The van der Waals surface area contributed by atoms with Crippen LogP contribution >= 0.6 is 11.6 Å². The lowest BCUT2D eigenvalue weighted by atomic mass is 9.95. The summed E-state index contributed by atoms with van der Waals surface area (Å²) in [4.78, 5) is 12.2. The van der Waals surface area contributed by atoms with Crippen molar-refractivity contribution in [1.82, 2.24) is 10.6 Å². The number of amides is 1. The molecule has 1 unspecified atom stereocenters. The number of halogens is 1. The van der Waals surface area contributed by atoms with Crippen molar-refractivity contribution in [3.05, 3.63) is 34.9 Å². The van der Waals surface area contributed by atoms with Gasteiger partial charge in [-0.25, -0.2) is 0 Å². The van der Waals surface area contributed by atoms with Gasteiger partial charge in [0.15, 0.2) is 0 Å². The minimum atomic E-state index is -0.0337. The molecule has 0 aromatic heterocycles. The molecule has 2 rings (SSSR count). The van der Waals surface area contributed by atoms with E-state index in [-0.39, 0.29) is 18.0 Å². The smallest absolute Gasteiger partial charge is 0.237 e. The van der Waals surface area contributed by atoms with Crippen molar-refractivity contribution >= 4 is 17.5 Å². The monoisotopic (exact) mass is 280 g/mol. The van der Waals surface area contributed by atoms with Crippen LogP contribution in [0.3, 0.4) is 0 Å². The number of carbonyl (C=O) groups excluding carboxylic acids is 1. The van der Waals surface area contributed by atoms with Crippen LogP contribution in [0.1, 0.15) is 38.3 Å². The highest BCUT2D eigenvalue weighted by Gasteiger charge is 2.26. The standard InChI is InChI=1S/C15H21ClN2O/c1-10(2)14(11-5-7-12(16)8-6-11)18-15(19)13-4-3-9-17-13/h5-8,10,13-14,17H,3-4,9H2,1-2H3,(H,18,19)/t13-,14?/m0/s1. The third kappa shape index (κ3) is 3.71. The van der Waals surface area contributed by atoms with Crippen molar-refractivity contribution in [3.63, 3.8) is 0 Å². The Balaban J connectivity index is 2.07. The maximum Gasteiger partial charge on any atom is 0.237 e. The van der Waals surface area contributed by atoms with Crippen molar-refractivity contribution in [2.45, 2.75) is 38.8 Å². The second-order valence-corrected chi connectivity index (χ2v) is 5.87. The van der Waals surface area contributed by atoms with Gasteiger partial charge in [0.1, 0.15) is 0 Å². The normalized spacial score (nSPS) is 20.5. The summed E-state index contributed by atoms with van der Waals surface area (Å²) in [6.07, 6.45) is 2.00. The fraction of sp³-hybridized carbons (Fsp3) is 0.533. The first kappa shape index (κ1) is 14.4. The molecule has 0 radical (unpaired) electrons. The lowest BCUT2D eigenvalue weighted by Crippen LogP contribution is -2.43. The van der Waals surface area contributed by atoms with E-state index in [0.29, 0.717) is 5.92 Å². The Morgan fingerprint density at radius 3 is 2.58 bits per heavy atom. The molecule has 1 saturated heterocycles. The van der Waals surface area contributed by atoms with Crippen molar-refractivity contribution in [1.29, 1.82) is 0 Å². The van der Waals surface area contributed by atoms with Crippen LogP contribution in [-0.2, 0) is 4.79 Å². The fourth-order valence-corrected chi connectivity index (χ4v) is 2.59. The highest BCUT2D eigenvalue weighted by molar-refractivity contribution is 6.30. The van der Waals surface area contributed by atoms with Gasteiger partial charge in [0.25, 0.3) is 0 Å². The molecule has 0 aliphatic carbocycles. The molecule has 1 aliphatic heterocycles. The average molecular weight is 281 g/mol. The Bertz CT molecular complexity index is 424. The molecule has 1 heterocycles. The van der Waals surface area contributed by atoms with Crippen molar-refractivity contribution in [2.24, 2.45) is 5.92 Å². The van der Waals surface area contributed by atoms with E-state index in [1.807, 2.05) is 24.3 Å². The summed E-state index contributed by atoms with van der Waals surface area (Å²) in [5.74, 6) is 0.442. The van der Waals surface area contributed by atoms with Crippen LogP contribution in [0.5, 0.6) is 0 Å². The largest absolute Gasteiger partial charge is 0.348 e. The van der Waals surface area contributed by atoms with Gasteiger partial charge < -0.3 is 10.6 Å². The Morgan fingerprint density at radius 2 is 2.05 bits per heavy atom. The molecule has 0 spiro atoms. The third-order valence-corrected chi connectivity index (χ3v) is 3.82. The van der Waals surface area contributed by atoms with Crippen LogP contribution < -0.4 is 10.6 Å². The third-order valence-electron chi connectivity index (χ3n) is 3.57.